The number of amides is 2. The SMILES string of the molecule is CN1CC[C@@]2(CN(c3ncccn3)CC23CCN(C(=O)c2ccsc2)CC3)C1=O. The lowest BCUT2D eigenvalue weighted by molar-refractivity contribution is -0.140. The van der Waals surface area contributed by atoms with Crippen LogP contribution in [0.2, 0.25) is 0 Å². The summed E-state index contributed by atoms with van der Waals surface area (Å²) in [5.41, 5.74) is 0.223. The second-order valence-electron chi connectivity index (χ2n) is 8.55. The molecule has 0 saturated carbocycles. The highest BCUT2D eigenvalue weighted by Gasteiger charge is 2.65. The molecule has 3 aliphatic rings. The lowest BCUT2D eigenvalue weighted by Gasteiger charge is -2.46. The maximum Gasteiger partial charge on any atom is 0.254 e. The van der Waals surface area contributed by atoms with Crippen LogP contribution in [-0.4, -0.2) is 71.4 Å². The van der Waals surface area contributed by atoms with E-state index in [1.807, 2.05) is 39.7 Å². The summed E-state index contributed by atoms with van der Waals surface area (Å²) < 4.78 is 0. The number of hydrogen-bond acceptors (Lipinski definition) is 6. The van der Waals surface area contributed by atoms with E-state index in [0.717, 1.165) is 37.9 Å². The highest BCUT2D eigenvalue weighted by atomic mass is 32.1. The molecule has 152 valence electrons. The minimum Gasteiger partial charge on any atom is -0.345 e. The third-order valence-electron chi connectivity index (χ3n) is 7.21. The minimum atomic E-state index is -0.404. The summed E-state index contributed by atoms with van der Waals surface area (Å²) >= 11 is 1.55. The Morgan fingerprint density at radius 1 is 1.10 bits per heavy atom. The van der Waals surface area contributed by atoms with E-state index >= 15 is 0 Å². The van der Waals surface area contributed by atoms with Gasteiger partial charge < -0.3 is 14.7 Å². The van der Waals surface area contributed by atoms with Crippen LogP contribution in [-0.2, 0) is 4.79 Å². The van der Waals surface area contributed by atoms with Crippen molar-refractivity contribution in [2.24, 2.45) is 10.8 Å². The van der Waals surface area contributed by atoms with Crippen LogP contribution in [0.4, 0.5) is 5.95 Å². The topological polar surface area (TPSA) is 69.6 Å². The van der Waals surface area contributed by atoms with E-state index in [1.165, 1.54) is 0 Å². The lowest BCUT2D eigenvalue weighted by atomic mass is 9.60. The van der Waals surface area contributed by atoms with Crippen molar-refractivity contribution in [1.82, 2.24) is 19.8 Å². The molecule has 7 nitrogen and oxygen atoms in total. The van der Waals surface area contributed by atoms with Crippen LogP contribution in [0.1, 0.15) is 29.6 Å². The molecule has 29 heavy (non-hydrogen) atoms. The average molecular weight is 412 g/mol. The van der Waals surface area contributed by atoms with Crippen molar-refractivity contribution in [1.29, 1.82) is 0 Å². The summed E-state index contributed by atoms with van der Waals surface area (Å²) in [5, 5.41) is 3.85. The summed E-state index contributed by atoms with van der Waals surface area (Å²) in [6, 6.07) is 3.70. The van der Waals surface area contributed by atoms with E-state index in [1.54, 1.807) is 23.7 Å². The molecule has 1 atom stereocenters. The highest BCUT2D eigenvalue weighted by molar-refractivity contribution is 7.08. The molecule has 0 unspecified atom stereocenters. The van der Waals surface area contributed by atoms with Crippen LogP contribution in [0, 0.1) is 10.8 Å². The normalized spacial score (nSPS) is 26.1. The third-order valence-corrected chi connectivity index (χ3v) is 7.89. The zero-order chi connectivity index (χ0) is 20.1. The second-order valence-corrected chi connectivity index (χ2v) is 9.33. The first-order chi connectivity index (χ1) is 14.0. The molecule has 0 aromatic carbocycles. The quantitative estimate of drug-likeness (QED) is 0.757. The number of nitrogens with zero attached hydrogens (tertiary/aromatic N) is 5. The molecule has 2 aromatic rings. The summed E-state index contributed by atoms with van der Waals surface area (Å²) in [5.74, 6) is 1.04. The maximum atomic E-state index is 13.4. The van der Waals surface area contributed by atoms with Crippen molar-refractivity contribution in [3.05, 3.63) is 40.8 Å². The first-order valence-electron chi connectivity index (χ1n) is 10.1. The van der Waals surface area contributed by atoms with Gasteiger partial charge in [0.05, 0.1) is 11.0 Å². The summed E-state index contributed by atoms with van der Waals surface area (Å²) in [6.07, 6.45) is 6.05. The van der Waals surface area contributed by atoms with E-state index in [4.69, 9.17) is 0 Å². The Hall–Kier alpha value is -2.48. The minimum absolute atomic E-state index is 0.103. The molecule has 2 spiro atoms. The van der Waals surface area contributed by atoms with E-state index in [-0.39, 0.29) is 17.2 Å². The highest BCUT2D eigenvalue weighted by Crippen LogP contribution is 2.58. The fourth-order valence-electron chi connectivity index (χ4n) is 5.58. The van der Waals surface area contributed by atoms with Gasteiger partial charge >= 0.3 is 0 Å². The van der Waals surface area contributed by atoms with Gasteiger partial charge in [0, 0.05) is 63.0 Å². The van der Waals surface area contributed by atoms with Gasteiger partial charge in [-0.15, -0.1) is 0 Å². The van der Waals surface area contributed by atoms with E-state index in [2.05, 4.69) is 14.9 Å². The first kappa shape index (κ1) is 18.5. The van der Waals surface area contributed by atoms with Crippen molar-refractivity contribution in [3.63, 3.8) is 0 Å². The molecule has 2 amide bonds. The van der Waals surface area contributed by atoms with E-state index in [9.17, 15) is 9.59 Å². The number of rotatable bonds is 2. The number of fused-ring (bicyclic) bond motifs is 1. The van der Waals surface area contributed by atoms with Crippen LogP contribution in [0.3, 0.4) is 0 Å². The van der Waals surface area contributed by atoms with Crippen molar-refractivity contribution in [3.8, 4) is 0 Å². The Morgan fingerprint density at radius 3 is 2.48 bits per heavy atom. The van der Waals surface area contributed by atoms with Gasteiger partial charge in [0.1, 0.15) is 0 Å². The molecule has 3 aliphatic heterocycles. The first-order valence-corrected chi connectivity index (χ1v) is 11.1. The van der Waals surface area contributed by atoms with Gasteiger partial charge in [-0.2, -0.15) is 11.3 Å². The van der Waals surface area contributed by atoms with E-state index in [0.29, 0.717) is 25.6 Å². The molecular weight excluding hydrogens is 386 g/mol. The van der Waals surface area contributed by atoms with Crippen molar-refractivity contribution in [2.75, 3.05) is 44.7 Å². The predicted molar refractivity (Wildman–Crippen MR) is 111 cm³/mol. The standard InChI is InChI=1S/C21H25N5O2S/c1-24-9-6-21(18(24)28)15-26(19-22-7-2-8-23-19)14-20(21)4-10-25(11-5-20)17(27)16-3-12-29-13-16/h2-3,7-8,12-13H,4-6,9-11,14-15H2,1H3/t21-/m1/s1. The molecule has 0 N–H and O–H groups in total. The van der Waals surface area contributed by atoms with Gasteiger partial charge in [-0.05, 0) is 36.8 Å². The zero-order valence-corrected chi connectivity index (χ0v) is 17.4. The number of hydrogen-bond donors (Lipinski definition) is 0. The van der Waals surface area contributed by atoms with Crippen LogP contribution >= 0.6 is 11.3 Å². The number of aromatic nitrogens is 2. The molecule has 0 bridgehead atoms. The molecule has 5 rings (SSSR count). The molecule has 3 fully saturated rings. The van der Waals surface area contributed by atoms with Gasteiger partial charge in [-0.1, -0.05) is 0 Å². The maximum absolute atomic E-state index is 13.4. The number of piperidine rings is 1. The second kappa shape index (κ2) is 6.79. The van der Waals surface area contributed by atoms with Crippen molar-refractivity contribution < 1.29 is 9.59 Å². The van der Waals surface area contributed by atoms with Gasteiger partial charge in [0.25, 0.3) is 5.91 Å². The zero-order valence-electron chi connectivity index (χ0n) is 16.6. The van der Waals surface area contributed by atoms with Crippen LogP contribution in [0.25, 0.3) is 0 Å². The Kier molecular flexibility index (Phi) is 4.34. The van der Waals surface area contributed by atoms with Crippen molar-refractivity contribution in [2.45, 2.75) is 19.3 Å². The molecule has 0 radical (unpaired) electrons. The largest absolute Gasteiger partial charge is 0.345 e. The summed E-state index contributed by atoms with van der Waals surface area (Å²) in [7, 11) is 1.90. The molecule has 0 aliphatic carbocycles. The number of thiophene rings is 1. The predicted octanol–water partition coefficient (Wildman–Crippen LogP) is 2.13. The molecule has 8 heteroatoms. The smallest absolute Gasteiger partial charge is 0.254 e. The Balaban J connectivity index is 1.43. The lowest BCUT2D eigenvalue weighted by Crippen LogP contribution is -2.53. The van der Waals surface area contributed by atoms with Gasteiger partial charge in [-0.3, -0.25) is 9.59 Å². The Bertz CT molecular complexity index is 910. The van der Waals surface area contributed by atoms with E-state index < -0.39 is 5.41 Å². The van der Waals surface area contributed by atoms with Gasteiger partial charge in [-0.25, -0.2) is 9.97 Å². The van der Waals surface area contributed by atoms with Crippen LogP contribution in [0.5, 0.6) is 0 Å². The fourth-order valence-corrected chi connectivity index (χ4v) is 6.21. The van der Waals surface area contributed by atoms with Gasteiger partial charge in [0.2, 0.25) is 11.9 Å². The molecule has 5 heterocycles. The molecular formula is C21H25N5O2S. The number of carbonyl (C=O) groups excluding carboxylic acids is 2. The van der Waals surface area contributed by atoms with Gasteiger partial charge in [0.15, 0.2) is 0 Å². The average Bonchev–Trinajstić information content (AvgIpc) is 3.46. The Morgan fingerprint density at radius 2 is 1.86 bits per heavy atom. The summed E-state index contributed by atoms with van der Waals surface area (Å²) in [6.45, 7) is 3.62. The number of likely N-dealkylation sites (tertiary alicyclic amines) is 2. The third kappa shape index (κ3) is 2.76. The van der Waals surface area contributed by atoms with Crippen LogP contribution < -0.4 is 4.90 Å². The molecule has 2 aromatic heterocycles. The fraction of sp³-hybridized carbons (Fsp3) is 0.524. The molecule has 3 saturated heterocycles. The number of carbonyl (C=O) groups is 2. The monoisotopic (exact) mass is 411 g/mol. The number of anilines is 1. The Labute approximate surface area is 174 Å². The summed E-state index contributed by atoms with van der Waals surface area (Å²) in [4.78, 5) is 41.1. The van der Waals surface area contributed by atoms with Crippen LogP contribution in [0.15, 0.2) is 35.3 Å². The van der Waals surface area contributed by atoms with Crippen molar-refractivity contribution >= 4 is 29.1 Å².